The number of nitrogens with one attached hydrogen (secondary N) is 3. The van der Waals surface area contributed by atoms with Crippen molar-refractivity contribution >= 4 is 28.3 Å². The average molecular weight is 375 g/mol. The van der Waals surface area contributed by atoms with Crippen LogP contribution in [0.15, 0.2) is 48.3 Å². The Morgan fingerprint density at radius 2 is 1.79 bits per heavy atom. The molecule has 1 aromatic heterocycles. The van der Waals surface area contributed by atoms with Gasteiger partial charge in [0, 0.05) is 22.7 Å². The van der Waals surface area contributed by atoms with Crippen molar-refractivity contribution in [3.05, 3.63) is 65.0 Å². The average Bonchev–Trinajstić information content (AvgIpc) is 3.20. The predicted octanol–water partition coefficient (Wildman–Crippen LogP) is 2.25. The smallest absolute Gasteiger partial charge is 0.275 e. The minimum absolute atomic E-state index is 0.280. The summed E-state index contributed by atoms with van der Waals surface area (Å²) in [6.45, 7) is 0. The van der Waals surface area contributed by atoms with E-state index in [2.05, 4.69) is 15.6 Å². The number of imide groups is 1. The number of amides is 2. The van der Waals surface area contributed by atoms with Crippen LogP contribution in [0.5, 0.6) is 11.5 Å². The van der Waals surface area contributed by atoms with Crippen molar-refractivity contribution in [3.8, 4) is 11.5 Å². The Morgan fingerprint density at radius 1 is 0.964 bits per heavy atom. The lowest BCUT2D eigenvalue weighted by molar-refractivity contribution is -0.123. The lowest BCUT2D eigenvalue weighted by Crippen LogP contribution is -2.30. The van der Waals surface area contributed by atoms with Crippen molar-refractivity contribution in [2.24, 2.45) is 0 Å². The number of methoxy groups -OCH3 is 2. The van der Waals surface area contributed by atoms with Crippen LogP contribution < -0.4 is 20.1 Å². The minimum atomic E-state index is -0.423. The molecular weight excluding hydrogens is 358 g/mol. The monoisotopic (exact) mass is 375 g/mol. The summed E-state index contributed by atoms with van der Waals surface area (Å²) in [5, 5.41) is 6.60. The Kier molecular flexibility index (Phi) is 3.45. The molecule has 5 rings (SSSR count). The van der Waals surface area contributed by atoms with E-state index in [-0.39, 0.29) is 11.7 Å². The third-order valence-electron chi connectivity index (χ3n) is 5.28. The molecule has 0 saturated heterocycles. The van der Waals surface area contributed by atoms with Crippen molar-refractivity contribution < 1.29 is 19.1 Å². The molecule has 1 unspecified atom stereocenters. The van der Waals surface area contributed by atoms with Gasteiger partial charge in [0.05, 0.1) is 25.8 Å². The molecule has 0 radical (unpaired) electrons. The molecule has 1 atom stereocenters. The van der Waals surface area contributed by atoms with Crippen LogP contribution in [0.25, 0.3) is 16.5 Å². The van der Waals surface area contributed by atoms with Gasteiger partial charge in [0.25, 0.3) is 11.8 Å². The van der Waals surface area contributed by atoms with E-state index in [1.807, 2.05) is 36.4 Å². The van der Waals surface area contributed by atoms with Crippen molar-refractivity contribution in [2.75, 3.05) is 14.2 Å². The van der Waals surface area contributed by atoms with Crippen molar-refractivity contribution in [1.29, 1.82) is 0 Å². The normalized spacial score (nSPS) is 17.9. The van der Waals surface area contributed by atoms with E-state index < -0.39 is 11.8 Å². The van der Waals surface area contributed by atoms with Crippen molar-refractivity contribution in [1.82, 2.24) is 15.6 Å². The molecule has 0 saturated carbocycles. The lowest BCUT2D eigenvalue weighted by atomic mass is 9.94. The SMILES string of the molecule is COc1ccc(C2NC3=C(C(=O)NC3=O)c3c[nH]c4cccc2c34)cc1OC. The molecule has 140 valence electrons. The third kappa shape index (κ3) is 2.16. The lowest BCUT2D eigenvalue weighted by Gasteiger charge is -2.22. The molecule has 2 aliphatic rings. The maximum absolute atomic E-state index is 12.5. The first-order chi connectivity index (χ1) is 13.6. The molecule has 0 fully saturated rings. The molecule has 0 spiro atoms. The second kappa shape index (κ2) is 5.88. The Labute approximate surface area is 160 Å². The molecular formula is C21H17N3O4. The van der Waals surface area contributed by atoms with Crippen LogP contribution in [0.3, 0.4) is 0 Å². The fraction of sp³-hybridized carbons (Fsp3) is 0.143. The first-order valence-corrected chi connectivity index (χ1v) is 8.81. The summed E-state index contributed by atoms with van der Waals surface area (Å²) in [6, 6.07) is 11.2. The number of carbonyl (C=O) groups excluding carboxylic acids is 2. The number of H-pyrrole nitrogens is 1. The summed E-state index contributed by atoms with van der Waals surface area (Å²) in [5.74, 6) is 0.395. The highest BCUT2D eigenvalue weighted by molar-refractivity contribution is 6.37. The summed E-state index contributed by atoms with van der Waals surface area (Å²) >= 11 is 0. The highest BCUT2D eigenvalue weighted by Gasteiger charge is 2.37. The van der Waals surface area contributed by atoms with Gasteiger partial charge in [-0.3, -0.25) is 14.9 Å². The van der Waals surface area contributed by atoms with Crippen molar-refractivity contribution in [2.45, 2.75) is 6.04 Å². The second-order valence-electron chi connectivity index (χ2n) is 6.70. The highest BCUT2D eigenvalue weighted by atomic mass is 16.5. The van der Waals surface area contributed by atoms with Crippen LogP contribution in [0.2, 0.25) is 0 Å². The van der Waals surface area contributed by atoms with Gasteiger partial charge in [-0.1, -0.05) is 18.2 Å². The van der Waals surface area contributed by atoms with Gasteiger partial charge in [-0.15, -0.1) is 0 Å². The minimum Gasteiger partial charge on any atom is -0.493 e. The predicted molar refractivity (Wildman–Crippen MR) is 103 cm³/mol. The molecule has 3 heterocycles. The molecule has 0 aliphatic carbocycles. The number of ether oxygens (including phenoxy) is 2. The van der Waals surface area contributed by atoms with Gasteiger partial charge in [-0.25, -0.2) is 0 Å². The van der Waals surface area contributed by atoms with Crippen LogP contribution in [0.4, 0.5) is 0 Å². The summed E-state index contributed by atoms with van der Waals surface area (Å²) < 4.78 is 10.8. The Balaban J connectivity index is 1.78. The topological polar surface area (TPSA) is 92.5 Å². The molecule has 3 aromatic rings. The molecule has 2 aliphatic heterocycles. The zero-order chi connectivity index (χ0) is 19.4. The van der Waals surface area contributed by atoms with Gasteiger partial charge < -0.3 is 19.8 Å². The Bertz CT molecular complexity index is 1190. The number of hydrogen-bond acceptors (Lipinski definition) is 5. The molecule has 28 heavy (non-hydrogen) atoms. The number of aromatic nitrogens is 1. The van der Waals surface area contributed by atoms with Crippen LogP contribution in [-0.4, -0.2) is 31.0 Å². The van der Waals surface area contributed by atoms with E-state index in [1.54, 1.807) is 20.4 Å². The largest absolute Gasteiger partial charge is 0.493 e. The van der Waals surface area contributed by atoms with Crippen LogP contribution in [0.1, 0.15) is 22.7 Å². The number of aromatic amines is 1. The summed E-state index contributed by atoms with van der Waals surface area (Å²) in [4.78, 5) is 28.1. The molecule has 2 aromatic carbocycles. The van der Waals surface area contributed by atoms with Crippen LogP contribution in [0, 0.1) is 0 Å². The summed E-state index contributed by atoms with van der Waals surface area (Å²) in [6.07, 6.45) is 1.78. The van der Waals surface area contributed by atoms with Gasteiger partial charge in [-0.05, 0) is 29.3 Å². The molecule has 2 amide bonds. The first-order valence-electron chi connectivity index (χ1n) is 8.81. The van der Waals surface area contributed by atoms with Gasteiger partial charge in [0.15, 0.2) is 11.5 Å². The second-order valence-corrected chi connectivity index (χ2v) is 6.70. The fourth-order valence-electron chi connectivity index (χ4n) is 4.02. The number of fused-ring (bicyclic) bond motifs is 1. The fourth-order valence-corrected chi connectivity index (χ4v) is 4.02. The maximum atomic E-state index is 12.5. The number of rotatable bonds is 3. The maximum Gasteiger partial charge on any atom is 0.275 e. The first kappa shape index (κ1) is 16.4. The number of hydrogen-bond donors (Lipinski definition) is 3. The van der Waals surface area contributed by atoms with E-state index >= 15 is 0 Å². The van der Waals surface area contributed by atoms with Gasteiger partial charge in [0.1, 0.15) is 5.70 Å². The standard InChI is InChI=1S/C21H17N3O4/c1-27-14-7-6-10(8-15(14)28-2)18-11-4-3-5-13-16(11)12(9-22-13)17-19(23-18)21(26)24-20(17)25/h3-9,18,22-23H,1-2H3,(H,24,25,26). The van der Waals surface area contributed by atoms with E-state index in [9.17, 15) is 9.59 Å². The van der Waals surface area contributed by atoms with E-state index in [0.29, 0.717) is 17.1 Å². The summed E-state index contributed by atoms with van der Waals surface area (Å²) in [7, 11) is 3.16. The zero-order valence-electron chi connectivity index (χ0n) is 15.3. The Hall–Kier alpha value is -3.74. The third-order valence-corrected chi connectivity index (χ3v) is 5.28. The molecule has 7 heteroatoms. The molecule has 3 N–H and O–H groups in total. The summed E-state index contributed by atoms with van der Waals surface area (Å²) in [5.41, 5.74) is 4.13. The van der Waals surface area contributed by atoms with Crippen LogP contribution in [-0.2, 0) is 9.59 Å². The van der Waals surface area contributed by atoms with E-state index in [4.69, 9.17) is 9.47 Å². The Morgan fingerprint density at radius 3 is 2.57 bits per heavy atom. The molecule has 0 bridgehead atoms. The quantitative estimate of drug-likeness (QED) is 0.611. The number of carbonyl (C=O) groups is 2. The zero-order valence-corrected chi connectivity index (χ0v) is 15.3. The van der Waals surface area contributed by atoms with Crippen molar-refractivity contribution in [3.63, 3.8) is 0 Å². The molecule has 7 nitrogen and oxygen atoms in total. The van der Waals surface area contributed by atoms with Gasteiger partial charge in [-0.2, -0.15) is 0 Å². The van der Waals surface area contributed by atoms with E-state index in [0.717, 1.165) is 27.6 Å². The highest BCUT2D eigenvalue weighted by Crippen LogP contribution is 2.41. The van der Waals surface area contributed by atoms with Gasteiger partial charge in [0.2, 0.25) is 0 Å². The van der Waals surface area contributed by atoms with Gasteiger partial charge >= 0.3 is 0 Å². The number of benzene rings is 2. The van der Waals surface area contributed by atoms with E-state index in [1.165, 1.54) is 0 Å². The van der Waals surface area contributed by atoms with Crippen LogP contribution >= 0.6 is 0 Å².